The fourth-order valence-corrected chi connectivity index (χ4v) is 11.0. The lowest BCUT2D eigenvalue weighted by atomic mass is 9.89. The van der Waals surface area contributed by atoms with Gasteiger partial charge in [0.05, 0.1) is 7.11 Å². The topological polar surface area (TPSA) is 73.9 Å². The van der Waals surface area contributed by atoms with Crippen LogP contribution in [0.3, 0.4) is 0 Å². The normalized spacial score (nSPS) is 13.9. The minimum atomic E-state index is -3.07. The van der Waals surface area contributed by atoms with Crippen molar-refractivity contribution in [1.29, 1.82) is 0 Å². The Morgan fingerprint density at radius 2 is 1.00 bits per heavy atom. The van der Waals surface area contributed by atoms with Crippen LogP contribution in [0.4, 0.5) is 4.79 Å². The SMILES string of the molecule is COC(=O)[C@H](Cc1ccc(OP2(=S)C(c3ccccc3)=C(c3ccccc3)C(c3ccccc3)=C2c2ccccc2)cc1)NC(=O)OCc1ccccc1. The van der Waals surface area contributed by atoms with Gasteiger partial charge in [-0.15, -0.1) is 0 Å². The van der Waals surface area contributed by atoms with Crippen LogP contribution in [0.5, 0.6) is 5.75 Å². The van der Waals surface area contributed by atoms with Gasteiger partial charge in [-0.2, -0.15) is 0 Å². The van der Waals surface area contributed by atoms with Crippen molar-refractivity contribution in [2.75, 3.05) is 7.11 Å². The van der Waals surface area contributed by atoms with Crippen molar-refractivity contribution in [3.8, 4) is 5.75 Å². The van der Waals surface area contributed by atoms with Gasteiger partial charge in [-0.25, -0.2) is 9.59 Å². The number of nitrogens with one attached hydrogen (secondary N) is 1. The van der Waals surface area contributed by atoms with Crippen molar-refractivity contribution in [1.82, 2.24) is 5.32 Å². The molecule has 1 aliphatic heterocycles. The third kappa shape index (κ3) is 7.98. The highest BCUT2D eigenvalue weighted by atomic mass is 32.4. The number of benzene rings is 6. The van der Waals surface area contributed by atoms with Gasteiger partial charge in [0, 0.05) is 28.2 Å². The third-order valence-corrected chi connectivity index (χ3v) is 13.0. The number of methoxy groups -OCH3 is 1. The van der Waals surface area contributed by atoms with E-state index in [9.17, 15) is 9.59 Å². The zero-order valence-electron chi connectivity index (χ0n) is 29.6. The maximum atomic E-state index is 12.8. The molecule has 6 nitrogen and oxygen atoms in total. The van der Waals surface area contributed by atoms with Gasteiger partial charge < -0.3 is 19.3 Å². The molecule has 1 heterocycles. The first-order chi connectivity index (χ1) is 26.4. The summed E-state index contributed by atoms with van der Waals surface area (Å²) in [7, 11) is 1.29. The lowest BCUT2D eigenvalue weighted by molar-refractivity contribution is -0.143. The summed E-state index contributed by atoms with van der Waals surface area (Å²) in [5.74, 6) is 0.0149. The number of alkyl carbamates (subject to hydrolysis) is 1. The average molecular weight is 748 g/mol. The third-order valence-electron chi connectivity index (χ3n) is 9.12. The molecule has 0 bridgehead atoms. The van der Waals surface area contributed by atoms with Crippen LogP contribution in [0.15, 0.2) is 176 Å². The minimum Gasteiger partial charge on any atom is -0.467 e. The number of carbonyl (C=O) groups is 2. The Balaban J connectivity index is 1.27. The molecule has 54 heavy (non-hydrogen) atoms. The fourth-order valence-electron chi connectivity index (χ4n) is 6.64. The summed E-state index contributed by atoms with van der Waals surface area (Å²) in [5, 5.41) is 4.63. The molecule has 1 atom stereocenters. The summed E-state index contributed by atoms with van der Waals surface area (Å²) in [6, 6.07) is 57.2. The number of carbonyl (C=O) groups excluding carboxylic acids is 2. The molecule has 1 N–H and O–H groups in total. The van der Waals surface area contributed by atoms with Gasteiger partial charge in [0.25, 0.3) is 0 Å². The molecule has 0 unspecified atom stereocenters. The van der Waals surface area contributed by atoms with Gasteiger partial charge in [-0.05, 0) is 57.3 Å². The van der Waals surface area contributed by atoms with Gasteiger partial charge in [-0.3, -0.25) is 0 Å². The molecule has 268 valence electrons. The number of hydrogen-bond acceptors (Lipinski definition) is 6. The Labute approximate surface area is 320 Å². The monoisotopic (exact) mass is 747 g/mol. The number of allylic oxidation sites excluding steroid dienone is 2. The van der Waals surface area contributed by atoms with E-state index in [1.807, 2.05) is 103 Å². The molecular formula is C46H38NO5PS. The second kappa shape index (κ2) is 16.8. The number of hydrogen-bond donors (Lipinski definition) is 1. The highest BCUT2D eigenvalue weighted by Crippen LogP contribution is 2.77. The van der Waals surface area contributed by atoms with Crippen LogP contribution in [0.25, 0.3) is 21.8 Å². The van der Waals surface area contributed by atoms with Crippen LogP contribution in [-0.2, 0) is 39.1 Å². The fraction of sp³-hybridized carbons (Fsp3) is 0.0870. The van der Waals surface area contributed by atoms with E-state index in [-0.39, 0.29) is 13.0 Å². The van der Waals surface area contributed by atoms with Crippen LogP contribution in [0.1, 0.15) is 33.4 Å². The van der Waals surface area contributed by atoms with Crippen molar-refractivity contribution in [3.63, 3.8) is 0 Å². The number of amides is 1. The standard InChI is InChI=1S/C46H38NO5PS/c1-50-45(48)40(47-46(49)51-32-34-17-7-2-8-18-34)31-33-27-29-39(30-28-33)52-53(54)43(37-23-13-5-14-24-37)41(35-19-9-3-10-20-35)42(36-21-11-4-12-22-36)44(53)38-25-15-6-16-26-38/h2-30,40H,31-32H2,1H3,(H,47,49)/t40-/m0/s1. The van der Waals surface area contributed by atoms with E-state index in [0.717, 1.165) is 55.2 Å². The number of rotatable bonds is 12. The molecule has 0 radical (unpaired) electrons. The van der Waals surface area contributed by atoms with Crippen LogP contribution in [-0.4, -0.2) is 25.2 Å². The van der Waals surface area contributed by atoms with Crippen molar-refractivity contribution in [2.24, 2.45) is 0 Å². The first kappa shape index (κ1) is 36.4. The van der Waals surface area contributed by atoms with Gasteiger partial charge in [0.15, 0.2) is 6.26 Å². The lowest BCUT2D eigenvalue weighted by Crippen LogP contribution is -2.43. The summed E-state index contributed by atoms with van der Waals surface area (Å²) < 4.78 is 17.6. The molecule has 6 aromatic carbocycles. The van der Waals surface area contributed by atoms with Gasteiger partial charge in [0.2, 0.25) is 0 Å². The zero-order valence-corrected chi connectivity index (χ0v) is 31.3. The largest absolute Gasteiger partial charge is 0.467 e. The molecular weight excluding hydrogens is 710 g/mol. The number of ether oxygens (including phenoxy) is 2. The minimum absolute atomic E-state index is 0.0787. The second-order valence-electron chi connectivity index (χ2n) is 12.7. The average Bonchev–Trinajstić information content (AvgIpc) is 3.50. The molecule has 0 saturated carbocycles. The van der Waals surface area contributed by atoms with Gasteiger partial charge in [0.1, 0.15) is 18.4 Å². The van der Waals surface area contributed by atoms with Crippen LogP contribution < -0.4 is 9.84 Å². The molecule has 1 amide bonds. The molecule has 6 aromatic rings. The Morgan fingerprint density at radius 1 is 0.574 bits per heavy atom. The van der Waals surface area contributed by atoms with Crippen LogP contribution in [0.2, 0.25) is 0 Å². The van der Waals surface area contributed by atoms with E-state index < -0.39 is 24.4 Å². The van der Waals surface area contributed by atoms with Gasteiger partial charge in [-0.1, -0.05) is 164 Å². The summed E-state index contributed by atoms with van der Waals surface area (Å²) in [6.45, 7) is 0.0787. The van der Waals surface area contributed by atoms with Crippen molar-refractivity contribution in [3.05, 3.63) is 209 Å². The summed E-state index contributed by atoms with van der Waals surface area (Å²) in [5.41, 5.74) is 7.84. The number of esters is 1. The molecule has 0 spiro atoms. The Hall–Kier alpha value is -6.01. The first-order valence-corrected chi connectivity index (χ1v) is 20.3. The van der Waals surface area contributed by atoms with Crippen LogP contribution in [0, 0.1) is 0 Å². The van der Waals surface area contributed by atoms with Crippen LogP contribution >= 0.6 is 6.26 Å². The van der Waals surface area contributed by atoms with E-state index in [1.165, 1.54) is 7.11 Å². The van der Waals surface area contributed by atoms with E-state index in [0.29, 0.717) is 5.75 Å². The van der Waals surface area contributed by atoms with Gasteiger partial charge >= 0.3 is 12.1 Å². The smallest absolute Gasteiger partial charge is 0.408 e. The molecule has 0 saturated heterocycles. The lowest BCUT2D eigenvalue weighted by Gasteiger charge is -2.26. The molecule has 0 aromatic heterocycles. The quantitative estimate of drug-likeness (QED) is 0.0993. The summed E-state index contributed by atoms with van der Waals surface area (Å²) in [6.07, 6.45) is -3.60. The Morgan fingerprint density at radius 3 is 1.44 bits per heavy atom. The predicted octanol–water partition coefficient (Wildman–Crippen LogP) is 10.6. The zero-order chi connectivity index (χ0) is 37.3. The van der Waals surface area contributed by atoms with E-state index >= 15 is 0 Å². The van der Waals surface area contributed by atoms with Crippen molar-refractivity contribution < 1.29 is 23.6 Å². The highest BCUT2D eigenvalue weighted by Gasteiger charge is 2.44. The second-order valence-corrected chi connectivity index (χ2v) is 16.4. The van der Waals surface area contributed by atoms with E-state index in [2.05, 4.69) is 78.1 Å². The Kier molecular flexibility index (Phi) is 11.3. The molecule has 1 aliphatic rings. The molecule has 0 aliphatic carbocycles. The predicted molar refractivity (Wildman–Crippen MR) is 220 cm³/mol. The maximum Gasteiger partial charge on any atom is 0.408 e. The molecule has 8 heteroatoms. The van der Waals surface area contributed by atoms with E-state index in [4.69, 9.17) is 25.8 Å². The summed E-state index contributed by atoms with van der Waals surface area (Å²) in [4.78, 5) is 25.5. The maximum absolute atomic E-state index is 12.8. The molecule has 7 rings (SSSR count). The highest BCUT2D eigenvalue weighted by molar-refractivity contribution is 8.22. The molecule has 0 fully saturated rings. The van der Waals surface area contributed by atoms with Crippen molar-refractivity contribution in [2.45, 2.75) is 19.1 Å². The summed E-state index contributed by atoms with van der Waals surface area (Å²) >= 11 is 6.92. The first-order valence-electron chi connectivity index (χ1n) is 17.6. The van der Waals surface area contributed by atoms with E-state index in [1.54, 1.807) is 0 Å². The van der Waals surface area contributed by atoms with Crippen molar-refractivity contribution >= 4 is 51.9 Å². The Bertz CT molecular complexity index is 2230.